The van der Waals surface area contributed by atoms with Crippen LogP contribution in [0, 0.1) is 11.8 Å². The minimum Gasteiger partial charge on any atom is -0.460 e. The third-order valence-electron chi connectivity index (χ3n) is 8.56. The van der Waals surface area contributed by atoms with Crippen LogP contribution in [0.3, 0.4) is 0 Å². The van der Waals surface area contributed by atoms with Crippen LogP contribution >= 0.6 is 11.6 Å². The van der Waals surface area contributed by atoms with Crippen molar-refractivity contribution in [3.05, 3.63) is 54.6 Å². The largest absolute Gasteiger partial charge is 0.460 e. The standard InChI is InChI=1S/C32H42ClN3O7/c1-4-6-10-25(38)34-20-21(3)42-31(41)26-24-15-16-32(43-24)27(26)29(39)36(18-8-7-9-19-37)28(32)30(40)35(17-5-2)23-13-11-22(33)12-14-23/h4-5,11-14,21,24,26-28,37H,1-2,6-10,15-20H2,3H3,(H,34,38)/t21-,24+,26-,27-,28+,32-/m0/s1. The lowest BCUT2D eigenvalue weighted by Gasteiger charge is -2.36. The first-order chi connectivity index (χ1) is 20.7. The number of likely N-dealkylation sites (tertiary alicyclic amines) is 1. The molecular formula is C32H42ClN3O7. The average molecular weight is 616 g/mol. The molecule has 1 spiro atoms. The molecule has 3 saturated heterocycles. The van der Waals surface area contributed by atoms with Gasteiger partial charge in [0.2, 0.25) is 11.8 Å². The summed E-state index contributed by atoms with van der Waals surface area (Å²) in [4.78, 5) is 57.3. The maximum absolute atomic E-state index is 14.4. The topological polar surface area (TPSA) is 125 Å². The zero-order valence-corrected chi connectivity index (χ0v) is 25.5. The fourth-order valence-corrected chi connectivity index (χ4v) is 6.76. The van der Waals surface area contributed by atoms with Crippen LogP contribution in [-0.4, -0.2) is 83.8 Å². The maximum atomic E-state index is 14.4. The van der Waals surface area contributed by atoms with E-state index in [0.717, 1.165) is 0 Å². The molecule has 1 aromatic carbocycles. The first-order valence-corrected chi connectivity index (χ1v) is 15.4. The van der Waals surface area contributed by atoms with Gasteiger partial charge < -0.3 is 29.7 Å². The third kappa shape index (κ3) is 6.81. The molecule has 3 fully saturated rings. The SMILES string of the molecule is C=CCCC(=O)NC[C@H](C)OC(=O)[C@@H]1[C@H]2C(=O)N(CCCCCO)[C@H](C(=O)N(CC=C)c3ccc(Cl)cc3)[C@]23CC[C@H]1O3. The number of unbranched alkanes of at least 4 members (excludes halogenated alkanes) is 2. The Hall–Kier alpha value is -3.21. The lowest BCUT2D eigenvalue weighted by atomic mass is 9.70. The van der Waals surface area contributed by atoms with E-state index >= 15 is 0 Å². The van der Waals surface area contributed by atoms with E-state index in [-0.39, 0.29) is 37.4 Å². The first kappa shape index (κ1) is 32.7. The highest BCUT2D eigenvalue weighted by atomic mass is 35.5. The minimum atomic E-state index is -1.17. The smallest absolute Gasteiger partial charge is 0.312 e. The van der Waals surface area contributed by atoms with Gasteiger partial charge in [-0.05, 0) is 69.7 Å². The molecule has 6 atom stereocenters. The molecule has 3 aliphatic rings. The summed E-state index contributed by atoms with van der Waals surface area (Å²) >= 11 is 6.10. The summed E-state index contributed by atoms with van der Waals surface area (Å²) in [6.45, 7) is 9.79. The normalized spacial score (nSPS) is 26.1. The number of aliphatic hydroxyl groups is 1. The number of allylic oxidation sites excluding steroid dienone is 1. The molecule has 0 saturated carbocycles. The molecule has 1 aromatic rings. The van der Waals surface area contributed by atoms with E-state index in [1.807, 2.05) is 0 Å². The second-order valence-electron chi connectivity index (χ2n) is 11.5. The first-order valence-electron chi connectivity index (χ1n) is 15.0. The Bertz CT molecular complexity index is 1210. The summed E-state index contributed by atoms with van der Waals surface area (Å²) in [6, 6.07) is 5.93. The number of carbonyl (C=O) groups excluding carboxylic acids is 4. The summed E-state index contributed by atoms with van der Waals surface area (Å²) < 4.78 is 12.2. The molecule has 0 unspecified atom stereocenters. The van der Waals surface area contributed by atoms with Crippen molar-refractivity contribution in [2.45, 2.75) is 75.7 Å². The van der Waals surface area contributed by atoms with Crippen molar-refractivity contribution in [3.63, 3.8) is 0 Å². The zero-order chi connectivity index (χ0) is 31.1. The third-order valence-corrected chi connectivity index (χ3v) is 8.81. The predicted octanol–water partition coefficient (Wildman–Crippen LogP) is 3.41. The number of nitrogens with zero attached hydrogens (tertiary/aromatic N) is 2. The number of halogens is 1. The van der Waals surface area contributed by atoms with Crippen molar-refractivity contribution in [2.75, 3.05) is 31.1 Å². The van der Waals surface area contributed by atoms with Crippen molar-refractivity contribution in [2.24, 2.45) is 11.8 Å². The van der Waals surface area contributed by atoms with Crippen LogP contribution in [0.4, 0.5) is 5.69 Å². The molecule has 2 bridgehead atoms. The lowest BCUT2D eigenvalue weighted by molar-refractivity contribution is -0.159. The van der Waals surface area contributed by atoms with Crippen LogP contribution in [0.25, 0.3) is 0 Å². The van der Waals surface area contributed by atoms with E-state index in [1.54, 1.807) is 53.1 Å². The Morgan fingerprint density at radius 1 is 1.23 bits per heavy atom. The molecule has 3 heterocycles. The van der Waals surface area contributed by atoms with Gasteiger partial charge in [-0.2, -0.15) is 0 Å². The summed E-state index contributed by atoms with van der Waals surface area (Å²) in [5, 5.41) is 12.5. The fourth-order valence-electron chi connectivity index (χ4n) is 6.63. The van der Waals surface area contributed by atoms with Crippen molar-refractivity contribution in [1.29, 1.82) is 0 Å². The fraction of sp³-hybridized carbons (Fsp3) is 0.562. The second kappa shape index (κ2) is 14.5. The molecule has 4 rings (SSSR count). The van der Waals surface area contributed by atoms with Gasteiger partial charge in [0.1, 0.15) is 17.7 Å². The Kier molecular flexibility index (Phi) is 11.0. The highest BCUT2D eigenvalue weighted by molar-refractivity contribution is 6.30. The number of ether oxygens (including phenoxy) is 2. The van der Waals surface area contributed by atoms with Crippen molar-refractivity contribution in [1.82, 2.24) is 10.2 Å². The quantitative estimate of drug-likeness (QED) is 0.166. The maximum Gasteiger partial charge on any atom is 0.312 e. The van der Waals surface area contributed by atoms with Crippen molar-refractivity contribution in [3.8, 4) is 0 Å². The Morgan fingerprint density at radius 2 is 1.98 bits per heavy atom. The van der Waals surface area contributed by atoms with Crippen LogP contribution < -0.4 is 10.2 Å². The summed E-state index contributed by atoms with van der Waals surface area (Å²) in [7, 11) is 0. The Morgan fingerprint density at radius 3 is 2.65 bits per heavy atom. The number of carbonyl (C=O) groups is 4. The highest BCUT2D eigenvalue weighted by Crippen LogP contribution is 2.59. The molecule has 0 radical (unpaired) electrons. The van der Waals surface area contributed by atoms with Gasteiger partial charge in [-0.25, -0.2) is 0 Å². The second-order valence-corrected chi connectivity index (χ2v) is 11.9. The number of aliphatic hydroxyl groups excluding tert-OH is 1. The van der Waals surface area contributed by atoms with Crippen LogP contribution in [0.5, 0.6) is 0 Å². The number of anilines is 1. The van der Waals surface area contributed by atoms with Gasteiger partial charge in [0.25, 0.3) is 5.91 Å². The van der Waals surface area contributed by atoms with E-state index in [1.165, 1.54) is 0 Å². The van der Waals surface area contributed by atoms with Crippen LogP contribution in [0.1, 0.15) is 51.9 Å². The van der Waals surface area contributed by atoms with Gasteiger partial charge in [-0.3, -0.25) is 19.2 Å². The molecule has 3 amide bonds. The average Bonchev–Trinajstić information content (AvgIpc) is 3.63. The summed E-state index contributed by atoms with van der Waals surface area (Å²) in [5.41, 5.74) is -0.567. The van der Waals surface area contributed by atoms with E-state index in [9.17, 15) is 24.3 Å². The number of amides is 3. The van der Waals surface area contributed by atoms with Gasteiger partial charge in [-0.1, -0.05) is 23.8 Å². The Labute approximate surface area is 258 Å². The number of hydrogen-bond donors (Lipinski definition) is 2. The molecular weight excluding hydrogens is 574 g/mol. The molecule has 43 heavy (non-hydrogen) atoms. The molecule has 0 aromatic heterocycles. The van der Waals surface area contributed by atoms with E-state index < -0.39 is 41.7 Å². The summed E-state index contributed by atoms with van der Waals surface area (Å²) in [5.74, 6) is -3.07. The molecule has 10 nitrogen and oxygen atoms in total. The van der Waals surface area contributed by atoms with Crippen LogP contribution in [0.15, 0.2) is 49.6 Å². The molecule has 234 valence electrons. The number of hydrogen-bond acceptors (Lipinski definition) is 7. The monoisotopic (exact) mass is 615 g/mol. The molecule has 2 N–H and O–H groups in total. The zero-order valence-electron chi connectivity index (χ0n) is 24.7. The van der Waals surface area contributed by atoms with Crippen molar-refractivity contribution >= 4 is 41.0 Å². The van der Waals surface area contributed by atoms with Gasteiger partial charge in [-0.15, -0.1) is 13.2 Å². The predicted molar refractivity (Wildman–Crippen MR) is 162 cm³/mol. The minimum absolute atomic E-state index is 0.0398. The Balaban J connectivity index is 1.59. The summed E-state index contributed by atoms with van der Waals surface area (Å²) in [6.07, 6.45) is 5.77. The highest BCUT2D eigenvalue weighted by Gasteiger charge is 2.75. The molecule has 11 heteroatoms. The number of benzene rings is 1. The van der Waals surface area contributed by atoms with Crippen LogP contribution in [-0.2, 0) is 28.7 Å². The number of rotatable bonds is 16. The molecule has 3 aliphatic heterocycles. The van der Waals surface area contributed by atoms with Gasteiger partial charge in [0.05, 0.1) is 24.5 Å². The number of fused-ring (bicyclic) bond motifs is 1. The number of nitrogens with one attached hydrogen (secondary N) is 1. The lowest BCUT2D eigenvalue weighted by Crippen LogP contribution is -2.56. The van der Waals surface area contributed by atoms with Gasteiger partial charge in [0.15, 0.2) is 0 Å². The van der Waals surface area contributed by atoms with E-state index in [4.69, 9.17) is 21.1 Å². The van der Waals surface area contributed by atoms with Crippen molar-refractivity contribution < 1.29 is 33.8 Å². The van der Waals surface area contributed by atoms with Crippen LogP contribution in [0.2, 0.25) is 5.02 Å². The van der Waals surface area contributed by atoms with E-state index in [2.05, 4.69) is 18.5 Å². The van der Waals surface area contributed by atoms with Gasteiger partial charge in [0, 0.05) is 36.8 Å². The number of esters is 1. The molecule has 0 aliphatic carbocycles. The van der Waals surface area contributed by atoms with Gasteiger partial charge >= 0.3 is 5.97 Å². The van der Waals surface area contributed by atoms with E-state index in [0.29, 0.717) is 62.2 Å².